The topological polar surface area (TPSA) is 55.8 Å². The molecule has 0 bridgehead atoms. The molecule has 0 aromatic heterocycles. The van der Waals surface area contributed by atoms with Crippen LogP contribution in [-0.2, 0) is 0 Å². The van der Waals surface area contributed by atoms with Crippen LogP contribution in [0.25, 0.3) is 0 Å². The SMILES string of the molecule is CCC(C)(CO)Oc1ccc(C(=O)c2ccc(OC)cc2)cc1. The maximum absolute atomic E-state index is 12.4. The molecule has 0 amide bonds. The highest BCUT2D eigenvalue weighted by molar-refractivity contribution is 6.09. The van der Waals surface area contributed by atoms with Gasteiger partial charge in [-0.15, -0.1) is 0 Å². The zero-order chi connectivity index (χ0) is 16.9. The normalized spacial score (nSPS) is 13.2. The van der Waals surface area contributed by atoms with Gasteiger partial charge in [-0.25, -0.2) is 0 Å². The fourth-order valence-electron chi connectivity index (χ4n) is 2.08. The number of benzene rings is 2. The third-order valence-corrected chi connectivity index (χ3v) is 3.92. The fraction of sp³-hybridized carbons (Fsp3) is 0.316. The highest BCUT2D eigenvalue weighted by Crippen LogP contribution is 2.22. The number of aliphatic hydroxyl groups is 1. The minimum absolute atomic E-state index is 0.0559. The van der Waals surface area contributed by atoms with Gasteiger partial charge in [-0.1, -0.05) is 6.92 Å². The zero-order valence-electron chi connectivity index (χ0n) is 13.7. The van der Waals surface area contributed by atoms with Crippen molar-refractivity contribution in [3.05, 3.63) is 59.7 Å². The van der Waals surface area contributed by atoms with Gasteiger partial charge in [0.15, 0.2) is 5.78 Å². The molecule has 0 spiro atoms. The van der Waals surface area contributed by atoms with Gasteiger partial charge in [-0.05, 0) is 61.9 Å². The minimum atomic E-state index is -0.610. The number of aliphatic hydroxyl groups excluding tert-OH is 1. The summed E-state index contributed by atoms with van der Waals surface area (Å²) in [4.78, 5) is 12.4. The quantitative estimate of drug-likeness (QED) is 0.795. The average molecular weight is 314 g/mol. The first-order valence-corrected chi connectivity index (χ1v) is 7.60. The van der Waals surface area contributed by atoms with Gasteiger partial charge in [0.05, 0.1) is 13.7 Å². The van der Waals surface area contributed by atoms with Crippen LogP contribution in [0.5, 0.6) is 11.5 Å². The Labute approximate surface area is 136 Å². The summed E-state index contributed by atoms with van der Waals surface area (Å²) < 4.78 is 10.9. The number of carbonyl (C=O) groups is 1. The van der Waals surface area contributed by atoms with Gasteiger partial charge < -0.3 is 14.6 Å². The molecule has 0 heterocycles. The van der Waals surface area contributed by atoms with Crippen molar-refractivity contribution in [2.45, 2.75) is 25.9 Å². The fourth-order valence-corrected chi connectivity index (χ4v) is 2.08. The number of ketones is 1. The number of hydrogen-bond acceptors (Lipinski definition) is 4. The van der Waals surface area contributed by atoms with E-state index in [0.717, 1.165) is 0 Å². The van der Waals surface area contributed by atoms with Crippen molar-refractivity contribution in [2.24, 2.45) is 0 Å². The summed E-state index contributed by atoms with van der Waals surface area (Å²) in [7, 11) is 1.59. The molecule has 4 heteroatoms. The van der Waals surface area contributed by atoms with E-state index in [1.54, 1.807) is 55.6 Å². The van der Waals surface area contributed by atoms with Crippen LogP contribution in [0.4, 0.5) is 0 Å². The van der Waals surface area contributed by atoms with Crippen LogP contribution in [0, 0.1) is 0 Å². The number of ether oxygens (including phenoxy) is 2. The first kappa shape index (κ1) is 17.0. The van der Waals surface area contributed by atoms with Crippen molar-refractivity contribution in [1.82, 2.24) is 0 Å². The van der Waals surface area contributed by atoms with Gasteiger partial charge in [0.2, 0.25) is 0 Å². The molecular weight excluding hydrogens is 292 g/mol. The third kappa shape index (κ3) is 4.11. The van der Waals surface area contributed by atoms with E-state index in [4.69, 9.17) is 9.47 Å². The van der Waals surface area contributed by atoms with Crippen molar-refractivity contribution >= 4 is 5.78 Å². The van der Waals surface area contributed by atoms with Crippen LogP contribution < -0.4 is 9.47 Å². The highest BCUT2D eigenvalue weighted by Gasteiger charge is 2.23. The van der Waals surface area contributed by atoms with Crippen molar-refractivity contribution in [3.63, 3.8) is 0 Å². The molecule has 0 fully saturated rings. The van der Waals surface area contributed by atoms with Gasteiger partial charge in [-0.2, -0.15) is 0 Å². The molecule has 2 rings (SSSR count). The molecule has 1 atom stereocenters. The van der Waals surface area contributed by atoms with Gasteiger partial charge in [0.1, 0.15) is 17.1 Å². The Morgan fingerprint density at radius 3 is 1.87 bits per heavy atom. The zero-order valence-corrected chi connectivity index (χ0v) is 13.7. The maximum Gasteiger partial charge on any atom is 0.193 e. The average Bonchev–Trinajstić information content (AvgIpc) is 2.61. The summed E-state index contributed by atoms with van der Waals surface area (Å²) in [5, 5.41) is 9.39. The number of rotatable bonds is 7. The van der Waals surface area contributed by atoms with Crippen LogP contribution in [0.2, 0.25) is 0 Å². The summed E-state index contributed by atoms with van der Waals surface area (Å²) >= 11 is 0. The Morgan fingerprint density at radius 1 is 1.00 bits per heavy atom. The molecule has 0 aliphatic rings. The lowest BCUT2D eigenvalue weighted by Crippen LogP contribution is -2.35. The van der Waals surface area contributed by atoms with Crippen molar-refractivity contribution in [3.8, 4) is 11.5 Å². The van der Waals surface area contributed by atoms with E-state index in [2.05, 4.69) is 0 Å². The molecule has 0 radical (unpaired) electrons. The predicted molar refractivity (Wildman–Crippen MR) is 89.3 cm³/mol. The molecule has 23 heavy (non-hydrogen) atoms. The van der Waals surface area contributed by atoms with E-state index in [9.17, 15) is 9.90 Å². The monoisotopic (exact) mass is 314 g/mol. The first-order chi connectivity index (χ1) is 11.0. The molecule has 1 unspecified atom stereocenters. The minimum Gasteiger partial charge on any atom is -0.497 e. The molecule has 0 saturated heterocycles. The molecule has 4 nitrogen and oxygen atoms in total. The number of carbonyl (C=O) groups excluding carboxylic acids is 1. The summed E-state index contributed by atoms with van der Waals surface area (Å²) in [5.74, 6) is 1.29. The van der Waals surface area contributed by atoms with Gasteiger partial charge in [0.25, 0.3) is 0 Å². The van der Waals surface area contributed by atoms with Crippen LogP contribution in [0.15, 0.2) is 48.5 Å². The third-order valence-electron chi connectivity index (χ3n) is 3.92. The molecule has 0 aliphatic heterocycles. The van der Waals surface area contributed by atoms with Crippen LogP contribution >= 0.6 is 0 Å². The van der Waals surface area contributed by atoms with E-state index in [0.29, 0.717) is 29.0 Å². The highest BCUT2D eigenvalue weighted by atomic mass is 16.5. The summed E-state index contributed by atoms with van der Waals surface area (Å²) in [6, 6.07) is 14.0. The molecule has 2 aromatic carbocycles. The molecule has 1 N–H and O–H groups in total. The molecule has 122 valence electrons. The van der Waals surface area contributed by atoms with Crippen LogP contribution in [-0.4, -0.2) is 30.2 Å². The van der Waals surface area contributed by atoms with Crippen LogP contribution in [0.3, 0.4) is 0 Å². The largest absolute Gasteiger partial charge is 0.497 e. The van der Waals surface area contributed by atoms with Crippen molar-refractivity contribution in [1.29, 1.82) is 0 Å². The van der Waals surface area contributed by atoms with E-state index < -0.39 is 5.60 Å². The molecule has 2 aromatic rings. The Balaban J connectivity index is 2.13. The standard InChI is InChI=1S/C19H22O4/c1-4-19(2,13-20)23-17-11-7-15(8-12-17)18(21)14-5-9-16(22-3)10-6-14/h5-12,20H,4,13H2,1-3H3. The summed E-state index contributed by atoms with van der Waals surface area (Å²) in [6.45, 7) is 3.75. The Hall–Kier alpha value is -2.33. The first-order valence-electron chi connectivity index (χ1n) is 7.60. The van der Waals surface area contributed by atoms with E-state index in [1.807, 2.05) is 13.8 Å². The Kier molecular flexibility index (Phi) is 5.40. The number of methoxy groups -OCH3 is 1. The number of hydrogen-bond donors (Lipinski definition) is 1. The van der Waals surface area contributed by atoms with Gasteiger partial charge >= 0.3 is 0 Å². The molecule has 0 aliphatic carbocycles. The summed E-state index contributed by atoms with van der Waals surface area (Å²) in [6.07, 6.45) is 0.691. The predicted octanol–water partition coefficient (Wildman–Crippen LogP) is 3.47. The second-order valence-corrected chi connectivity index (χ2v) is 5.65. The maximum atomic E-state index is 12.4. The second kappa shape index (κ2) is 7.29. The van der Waals surface area contributed by atoms with Gasteiger partial charge in [-0.3, -0.25) is 4.79 Å². The summed E-state index contributed by atoms with van der Waals surface area (Å²) in [5.41, 5.74) is 0.583. The lowest BCUT2D eigenvalue weighted by Gasteiger charge is -2.27. The van der Waals surface area contributed by atoms with Crippen molar-refractivity contribution in [2.75, 3.05) is 13.7 Å². The Bertz CT molecular complexity index is 640. The smallest absolute Gasteiger partial charge is 0.193 e. The molecule has 0 saturated carbocycles. The van der Waals surface area contributed by atoms with E-state index in [-0.39, 0.29) is 12.4 Å². The lowest BCUT2D eigenvalue weighted by molar-refractivity contribution is 0.0219. The Morgan fingerprint density at radius 2 is 1.48 bits per heavy atom. The second-order valence-electron chi connectivity index (χ2n) is 5.65. The molecular formula is C19H22O4. The van der Waals surface area contributed by atoms with E-state index >= 15 is 0 Å². The van der Waals surface area contributed by atoms with Crippen LogP contribution in [0.1, 0.15) is 36.2 Å². The lowest BCUT2D eigenvalue weighted by atomic mass is 10.0. The van der Waals surface area contributed by atoms with Gasteiger partial charge in [0, 0.05) is 11.1 Å². The van der Waals surface area contributed by atoms with Crippen molar-refractivity contribution < 1.29 is 19.4 Å². The van der Waals surface area contributed by atoms with E-state index in [1.165, 1.54) is 0 Å².